The average molecular weight is 624 g/mol. The largest absolute Gasteiger partial charge is 0.495 e. The van der Waals surface area contributed by atoms with Crippen LogP contribution in [0, 0.1) is 3.57 Å². The first-order valence-electron chi connectivity index (χ1n) is 10.1. The number of benzene rings is 3. The third-order valence-electron chi connectivity index (χ3n) is 4.96. The Morgan fingerprint density at radius 3 is 2.47 bits per heavy atom. The molecule has 0 aliphatic carbocycles. The molecule has 1 saturated heterocycles. The third kappa shape index (κ3) is 5.35. The lowest BCUT2D eigenvalue weighted by Crippen LogP contribution is -2.27. The topological polar surface area (TPSA) is 48.0 Å². The number of amides is 1. The number of halogens is 2. The minimum atomic E-state index is -0.213. The van der Waals surface area contributed by atoms with Crippen LogP contribution in [0.25, 0.3) is 6.08 Å². The van der Waals surface area contributed by atoms with Crippen LogP contribution < -0.4 is 19.1 Å². The first-order chi connectivity index (χ1) is 16.4. The maximum Gasteiger partial charge on any atom is 0.270 e. The van der Waals surface area contributed by atoms with E-state index in [9.17, 15) is 4.79 Å². The lowest BCUT2D eigenvalue weighted by molar-refractivity contribution is -0.113. The van der Waals surface area contributed by atoms with Gasteiger partial charge in [0.05, 0.1) is 33.4 Å². The van der Waals surface area contributed by atoms with Crippen LogP contribution in [0.15, 0.2) is 65.6 Å². The minimum absolute atomic E-state index is 0.213. The highest BCUT2D eigenvalue weighted by Crippen LogP contribution is 2.40. The number of hydrogen-bond donors (Lipinski definition) is 0. The number of nitrogens with zero attached hydrogens (tertiary/aromatic N) is 1. The van der Waals surface area contributed by atoms with Crippen LogP contribution in [0.2, 0.25) is 5.02 Å². The van der Waals surface area contributed by atoms with Gasteiger partial charge < -0.3 is 14.2 Å². The Kier molecular flexibility index (Phi) is 8.02. The maximum absolute atomic E-state index is 13.2. The summed E-state index contributed by atoms with van der Waals surface area (Å²) in [6.45, 7) is 0.426. The molecule has 4 rings (SSSR count). The van der Waals surface area contributed by atoms with Crippen LogP contribution in [0.3, 0.4) is 0 Å². The van der Waals surface area contributed by atoms with Crippen molar-refractivity contribution in [1.82, 2.24) is 0 Å². The van der Waals surface area contributed by atoms with Gasteiger partial charge >= 0.3 is 0 Å². The average Bonchev–Trinajstić information content (AvgIpc) is 3.11. The number of ether oxygens (including phenoxy) is 3. The van der Waals surface area contributed by atoms with Crippen molar-refractivity contribution < 1.29 is 19.0 Å². The Morgan fingerprint density at radius 1 is 1.06 bits per heavy atom. The Hall–Kier alpha value is -2.27. The quantitative estimate of drug-likeness (QED) is 0.161. The Bertz CT molecular complexity index is 1280. The van der Waals surface area contributed by atoms with Crippen LogP contribution in [-0.2, 0) is 11.4 Å². The van der Waals surface area contributed by atoms with E-state index in [0.29, 0.717) is 43.8 Å². The number of thiocarbonyl (C=S) groups is 1. The van der Waals surface area contributed by atoms with Crippen molar-refractivity contribution in [1.29, 1.82) is 0 Å². The number of carbonyl (C=O) groups is 1. The van der Waals surface area contributed by atoms with Gasteiger partial charge in [0.2, 0.25) is 0 Å². The van der Waals surface area contributed by atoms with Gasteiger partial charge in [-0.2, -0.15) is 0 Å². The Balaban J connectivity index is 1.58. The molecule has 0 N–H and O–H groups in total. The molecule has 0 aromatic heterocycles. The second-order valence-electron chi connectivity index (χ2n) is 7.14. The van der Waals surface area contributed by atoms with E-state index in [4.69, 9.17) is 38.0 Å². The molecule has 0 atom stereocenters. The number of hydrogen-bond acceptors (Lipinski definition) is 6. The van der Waals surface area contributed by atoms with E-state index in [1.165, 1.54) is 23.8 Å². The molecule has 0 unspecified atom stereocenters. The molecule has 0 saturated carbocycles. The van der Waals surface area contributed by atoms with Crippen LogP contribution in [-0.4, -0.2) is 24.4 Å². The molecule has 3 aromatic rings. The van der Waals surface area contributed by atoms with E-state index in [-0.39, 0.29) is 5.91 Å². The fourth-order valence-electron chi connectivity index (χ4n) is 3.33. The molecule has 0 spiro atoms. The summed E-state index contributed by atoms with van der Waals surface area (Å²) in [5, 5.41) is 0.406. The normalized spacial score (nSPS) is 14.6. The molecule has 1 heterocycles. The summed E-state index contributed by atoms with van der Waals surface area (Å²) in [7, 11) is 3.13. The smallest absolute Gasteiger partial charge is 0.270 e. The highest BCUT2D eigenvalue weighted by atomic mass is 127. The number of methoxy groups -OCH3 is 2. The van der Waals surface area contributed by atoms with Crippen molar-refractivity contribution in [3.8, 4) is 17.2 Å². The van der Waals surface area contributed by atoms with Gasteiger partial charge in [-0.25, -0.2) is 0 Å². The van der Waals surface area contributed by atoms with E-state index in [1.807, 2.05) is 42.5 Å². The van der Waals surface area contributed by atoms with Gasteiger partial charge in [0.1, 0.15) is 12.4 Å². The van der Waals surface area contributed by atoms with Gasteiger partial charge in [-0.1, -0.05) is 65.9 Å². The lowest BCUT2D eigenvalue weighted by atomic mass is 10.1. The van der Waals surface area contributed by atoms with Gasteiger partial charge in [-0.05, 0) is 70.1 Å². The van der Waals surface area contributed by atoms with E-state index in [2.05, 4.69) is 22.6 Å². The van der Waals surface area contributed by atoms with Crippen LogP contribution in [0.4, 0.5) is 5.69 Å². The number of rotatable bonds is 7. The van der Waals surface area contributed by atoms with Gasteiger partial charge in [0, 0.05) is 0 Å². The minimum Gasteiger partial charge on any atom is -0.495 e. The summed E-state index contributed by atoms with van der Waals surface area (Å²) in [6.07, 6.45) is 1.80. The zero-order valence-electron chi connectivity index (χ0n) is 18.2. The molecule has 3 aromatic carbocycles. The Morgan fingerprint density at radius 2 is 1.79 bits per heavy atom. The summed E-state index contributed by atoms with van der Waals surface area (Å²) >= 11 is 15.2. The fraction of sp³-hybridized carbons (Fsp3) is 0.120. The highest BCUT2D eigenvalue weighted by Gasteiger charge is 2.33. The zero-order valence-corrected chi connectivity index (χ0v) is 22.8. The van der Waals surface area contributed by atoms with Gasteiger partial charge in [0.15, 0.2) is 15.8 Å². The molecule has 34 heavy (non-hydrogen) atoms. The predicted molar refractivity (Wildman–Crippen MR) is 150 cm³/mol. The van der Waals surface area contributed by atoms with Crippen LogP contribution in [0.5, 0.6) is 17.2 Å². The Labute approximate surface area is 226 Å². The van der Waals surface area contributed by atoms with Crippen molar-refractivity contribution in [3.05, 3.63) is 85.3 Å². The zero-order chi connectivity index (χ0) is 24.2. The van der Waals surface area contributed by atoms with E-state index in [1.54, 1.807) is 31.4 Å². The van der Waals surface area contributed by atoms with Gasteiger partial charge in [0.25, 0.3) is 5.91 Å². The van der Waals surface area contributed by atoms with Crippen molar-refractivity contribution in [2.75, 3.05) is 19.1 Å². The second-order valence-corrected chi connectivity index (χ2v) is 10.4. The number of anilines is 1. The maximum atomic E-state index is 13.2. The monoisotopic (exact) mass is 623 g/mol. The van der Waals surface area contributed by atoms with E-state index in [0.717, 1.165) is 14.7 Å². The highest BCUT2D eigenvalue weighted by molar-refractivity contribution is 14.1. The molecule has 0 radical (unpaired) electrons. The third-order valence-corrected chi connectivity index (χ3v) is 7.36. The van der Waals surface area contributed by atoms with Crippen molar-refractivity contribution in [2.24, 2.45) is 0 Å². The van der Waals surface area contributed by atoms with E-state index < -0.39 is 0 Å². The molecule has 1 aliphatic heterocycles. The molecule has 5 nitrogen and oxygen atoms in total. The van der Waals surface area contributed by atoms with Gasteiger partial charge in [-0.15, -0.1) is 0 Å². The molecule has 174 valence electrons. The molecule has 0 bridgehead atoms. The standard InChI is InChI=1S/C25H19ClINO4S2/c1-30-20-9-8-17(13-18(20)26)28-24(29)22(34-25(28)33)12-16-10-19(27)23(21(11-16)31-2)32-14-15-6-4-3-5-7-15/h3-13H,14H2,1-2H3/b22-12+. The SMILES string of the molecule is COc1ccc(N2C(=O)/C(=C\c3cc(I)c(OCc4ccccc4)c(OC)c3)SC2=S)cc1Cl. The van der Waals surface area contributed by atoms with Gasteiger partial charge in [-0.3, -0.25) is 9.69 Å². The van der Waals surface area contributed by atoms with Crippen molar-refractivity contribution in [2.45, 2.75) is 6.61 Å². The predicted octanol–water partition coefficient (Wildman–Crippen LogP) is 6.95. The molecular formula is C25H19ClINO4S2. The fourth-order valence-corrected chi connectivity index (χ4v) is 5.66. The van der Waals surface area contributed by atoms with Crippen LogP contribution >= 0.6 is 58.2 Å². The summed E-state index contributed by atoms with van der Waals surface area (Å²) in [6, 6.07) is 18.8. The molecule has 1 aliphatic rings. The second kappa shape index (κ2) is 11.0. The molecule has 9 heteroatoms. The first kappa shape index (κ1) is 24.8. The van der Waals surface area contributed by atoms with E-state index >= 15 is 0 Å². The van der Waals surface area contributed by atoms with Crippen molar-refractivity contribution in [3.63, 3.8) is 0 Å². The summed E-state index contributed by atoms with van der Waals surface area (Å²) in [5.41, 5.74) is 2.46. The van der Waals surface area contributed by atoms with Crippen molar-refractivity contribution >= 4 is 80.2 Å². The summed E-state index contributed by atoms with van der Waals surface area (Å²) in [4.78, 5) is 15.1. The van der Waals surface area contributed by atoms with Crippen LogP contribution in [0.1, 0.15) is 11.1 Å². The summed E-state index contributed by atoms with van der Waals surface area (Å²) in [5.74, 6) is 1.56. The number of thioether (sulfide) groups is 1. The lowest BCUT2D eigenvalue weighted by Gasteiger charge is -2.16. The molecule has 1 fully saturated rings. The number of carbonyl (C=O) groups excluding carboxylic acids is 1. The molecular weight excluding hydrogens is 605 g/mol. The molecule has 1 amide bonds. The summed E-state index contributed by atoms with van der Waals surface area (Å²) < 4.78 is 18.1. The first-order valence-corrected chi connectivity index (χ1v) is 12.7.